The number of H-pyrrole nitrogens is 1. The Hall–Kier alpha value is -1.91. The van der Waals surface area contributed by atoms with Gasteiger partial charge in [-0.05, 0) is 16.8 Å². The maximum atomic E-state index is 5.53. The van der Waals surface area contributed by atoms with Crippen molar-refractivity contribution >= 4 is 0 Å². The molecule has 1 aliphatic heterocycles. The molecule has 2 aromatic rings. The molecule has 0 amide bonds. The quantitative estimate of drug-likeness (QED) is 0.719. The van der Waals surface area contributed by atoms with E-state index in [0.29, 0.717) is 5.82 Å². The van der Waals surface area contributed by atoms with Crippen LogP contribution in [0.2, 0.25) is 0 Å². The van der Waals surface area contributed by atoms with E-state index in [0.717, 1.165) is 24.3 Å². The van der Waals surface area contributed by atoms with Crippen molar-refractivity contribution in [2.45, 2.75) is 6.42 Å². The van der Waals surface area contributed by atoms with Crippen molar-refractivity contribution in [1.82, 2.24) is 20.6 Å². The molecule has 1 N–H and O–H groups in total. The first kappa shape index (κ1) is 7.49. The van der Waals surface area contributed by atoms with E-state index in [-0.39, 0.29) is 0 Å². The number of hydrogen-bond donors (Lipinski definition) is 1. The summed E-state index contributed by atoms with van der Waals surface area (Å²) in [6, 6.07) is 5.99. The van der Waals surface area contributed by atoms with E-state index < -0.39 is 0 Å². The van der Waals surface area contributed by atoms with Gasteiger partial charge >= 0.3 is 0 Å². The van der Waals surface area contributed by atoms with Crippen molar-refractivity contribution in [3.8, 4) is 17.1 Å². The van der Waals surface area contributed by atoms with E-state index in [1.54, 1.807) is 0 Å². The van der Waals surface area contributed by atoms with Crippen LogP contribution < -0.4 is 4.74 Å². The van der Waals surface area contributed by atoms with Crippen molar-refractivity contribution in [2.75, 3.05) is 6.61 Å². The van der Waals surface area contributed by atoms with E-state index in [2.05, 4.69) is 26.7 Å². The van der Waals surface area contributed by atoms with E-state index in [1.165, 1.54) is 5.56 Å². The monoisotopic (exact) mass is 188 g/mol. The van der Waals surface area contributed by atoms with Gasteiger partial charge in [0.1, 0.15) is 5.75 Å². The number of fused-ring (bicyclic) bond motifs is 1. The highest BCUT2D eigenvalue weighted by atomic mass is 16.5. The van der Waals surface area contributed by atoms with Crippen LogP contribution in [0.25, 0.3) is 11.4 Å². The molecule has 1 aliphatic rings. The molecular weight excluding hydrogens is 180 g/mol. The Balaban J connectivity index is 2.20. The summed E-state index contributed by atoms with van der Waals surface area (Å²) in [6.07, 6.45) is 0.959. The predicted octanol–water partition coefficient (Wildman–Crippen LogP) is 0.802. The third-order valence-electron chi connectivity index (χ3n) is 2.30. The molecule has 1 aromatic carbocycles. The summed E-state index contributed by atoms with van der Waals surface area (Å²) in [4.78, 5) is 0. The topological polar surface area (TPSA) is 63.7 Å². The molecule has 0 bridgehead atoms. The zero-order chi connectivity index (χ0) is 9.38. The molecule has 1 aromatic heterocycles. The third-order valence-corrected chi connectivity index (χ3v) is 2.30. The number of tetrazole rings is 1. The van der Waals surface area contributed by atoms with Crippen LogP contribution in [0.5, 0.6) is 5.75 Å². The van der Waals surface area contributed by atoms with E-state index in [4.69, 9.17) is 4.74 Å². The molecule has 0 aliphatic carbocycles. The van der Waals surface area contributed by atoms with Crippen LogP contribution in [0.3, 0.4) is 0 Å². The highest BCUT2D eigenvalue weighted by Gasteiger charge is 2.18. The molecule has 0 unspecified atom stereocenters. The smallest absolute Gasteiger partial charge is 0.208 e. The molecule has 0 radical (unpaired) electrons. The van der Waals surface area contributed by atoms with Crippen LogP contribution in [-0.2, 0) is 6.42 Å². The SMILES string of the molecule is c1cc2c(c(-c3nn[nH]n3)c1)OCC2. The standard InChI is InChI=1S/C9H8N4O/c1-2-6-4-5-14-8(6)7(3-1)9-10-12-13-11-9/h1-3H,4-5H2,(H,10,11,12,13). The summed E-state index contributed by atoms with van der Waals surface area (Å²) in [5.41, 5.74) is 2.13. The summed E-state index contributed by atoms with van der Waals surface area (Å²) in [5.74, 6) is 1.48. The first-order valence-electron chi connectivity index (χ1n) is 4.43. The van der Waals surface area contributed by atoms with Crippen LogP contribution in [-0.4, -0.2) is 27.2 Å². The second-order valence-corrected chi connectivity index (χ2v) is 3.13. The van der Waals surface area contributed by atoms with Crippen LogP contribution >= 0.6 is 0 Å². The maximum absolute atomic E-state index is 5.53. The van der Waals surface area contributed by atoms with Gasteiger partial charge in [0.05, 0.1) is 12.2 Å². The number of benzene rings is 1. The molecule has 5 nitrogen and oxygen atoms in total. The average Bonchev–Trinajstić information content (AvgIpc) is 2.88. The van der Waals surface area contributed by atoms with Gasteiger partial charge in [0.2, 0.25) is 5.82 Å². The highest BCUT2D eigenvalue weighted by Crippen LogP contribution is 2.34. The number of nitrogens with zero attached hydrogens (tertiary/aromatic N) is 3. The first-order chi connectivity index (χ1) is 6.95. The van der Waals surface area contributed by atoms with Gasteiger partial charge in [-0.25, -0.2) is 0 Å². The van der Waals surface area contributed by atoms with Gasteiger partial charge in [0.25, 0.3) is 0 Å². The molecule has 0 fully saturated rings. The van der Waals surface area contributed by atoms with Crippen LogP contribution in [0.15, 0.2) is 18.2 Å². The van der Waals surface area contributed by atoms with Crippen molar-refractivity contribution < 1.29 is 4.74 Å². The summed E-state index contributed by atoms with van der Waals surface area (Å²) < 4.78 is 5.53. The van der Waals surface area contributed by atoms with Gasteiger partial charge < -0.3 is 4.74 Å². The lowest BCUT2D eigenvalue weighted by atomic mass is 10.1. The maximum Gasteiger partial charge on any atom is 0.208 e. The minimum Gasteiger partial charge on any atom is -0.492 e. The van der Waals surface area contributed by atoms with E-state index >= 15 is 0 Å². The highest BCUT2D eigenvalue weighted by molar-refractivity contribution is 5.66. The third kappa shape index (κ3) is 0.985. The van der Waals surface area contributed by atoms with Crippen molar-refractivity contribution in [2.24, 2.45) is 0 Å². The normalized spacial score (nSPS) is 13.7. The fraction of sp³-hybridized carbons (Fsp3) is 0.222. The summed E-state index contributed by atoms with van der Waals surface area (Å²) >= 11 is 0. The fourth-order valence-electron chi connectivity index (χ4n) is 1.67. The average molecular weight is 188 g/mol. The summed E-state index contributed by atoms with van der Waals surface area (Å²) in [6.45, 7) is 0.740. The van der Waals surface area contributed by atoms with Gasteiger partial charge in [0.15, 0.2) is 0 Å². The molecule has 14 heavy (non-hydrogen) atoms. The fourth-order valence-corrected chi connectivity index (χ4v) is 1.67. The van der Waals surface area contributed by atoms with Crippen molar-refractivity contribution in [3.05, 3.63) is 23.8 Å². The Labute approximate surface area is 80.1 Å². The number of para-hydroxylation sites is 1. The minimum absolute atomic E-state index is 0.587. The number of aromatic nitrogens is 4. The Morgan fingerprint density at radius 2 is 2.36 bits per heavy atom. The predicted molar refractivity (Wildman–Crippen MR) is 48.8 cm³/mol. The second kappa shape index (κ2) is 2.80. The van der Waals surface area contributed by atoms with Crippen LogP contribution in [0.4, 0.5) is 0 Å². The molecule has 5 heteroatoms. The lowest BCUT2D eigenvalue weighted by molar-refractivity contribution is 0.358. The second-order valence-electron chi connectivity index (χ2n) is 3.13. The summed E-state index contributed by atoms with van der Waals surface area (Å²) in [7, 11) is 0. The number of nitrogens with one attached hydrogen (secondary N) is 1. The van der Waals surface area contributed by atoms with Gasteiger partial charge in [-0.15, -0.1) is 10.2 Å². The zero-order valence-corrected chi connectivity index (χ0v) is 7.40. The van der Waals surface area contributed by atoms with Crippen molar-refractivity contribution in [3.63, 3.8) is 0 Å². The minimum atomic E-state index is 0.587. The number of ether oxygens (including phenoxy) is 1. The molecular formula is C9H8N4O. The first-order valence-corrected chi connectivity index (χ1v) is 4.43. The van der Waals surface area contributed by atoms with Gasteiger partial charge in [-0.2, -0.15) is 5.21 Å². The lowest BCUT2D eigenvalue weighted by Gasteiger charge is -2.02. The molecule has 0 spiro atoms. The van der Waals surface area contributed by atoms with Crippen LogP contribution in [0, 0.1) is 0 Å². The number of aromatic amines is 1. The van der Waals surface area contributed by atoms with Gasteiger partial charge in [0, 0.05) is 6.42 Å². The van der Waals surface area contributed by atoms with E-state index in [9.17, 15) is 0 Å². The Morgan fingerprint density at radius 3 is 3.21 bits per heavy atom. The Kier molecular flexibility index (Phi) is 1.50. The molecule has 3 rings (SSSR count). The molecule has 70 valence electrons. The van der Waals surface area contributed by atoms with Crippen molar-refractivity contribution in [1.29, 1.82) is 0 Å². The number of hydrogen-bond acceptors (Lipinski definition) is 4. The summed E-state index contributed by atoms with van der Waals surface area (Å²) in [5, 5.41) is 13.8. The zero-order valence-electron chi connectivity index (χ0n) is 7.40. The van der Waals surface area contributed by atoms with Crippen LogP contribution in [0.1, 0.15) is 5.56 Å². The molecule has 0 saturated heterocycles. The Bertz CT molecular complexity index is 452. The van der Waals surface area contributed by atoms with E-state index in [1.807, 2.05) is 12.1 Å². The molecule has 0 atom stereocenters. The lowest BCUT2D eigenvalue weighted by Crippen LogP contribution is -1.89. The van der Waals surface area contributed by atoms with Gasteiger partial charge in [-0.1, -0.05) is 12.1 Å². The molecule has 0 saturated carbocycles. The molecule has 2 heterocycles. The largest absolute Gasteiger partial charge is 0.492 e. The number of rotatable bonds is 1. The Morgan fingerprint density at radius 1 is 1.36 bits per heavy atom. The van der Waals surface area contributed by atoms with Gasteiger partial charge in [-0.3, -0.25) is 0 Å².